The van der Waals surface area contributed by atoms with Gasteiger partial charge in [-0.1, -0.05) is 28.1 Å². The monoisotopic (exact) mass is 267 g/mol. The smallest absolute Gasteiger partial charge is 0.227 e. The summed E-state index contributed by atoms with van der Waals surface area (Å²) in [7, 11) is 0. The molecule has 1 saturated heterocycles. The lowest BCUT2D eigenvalue weighted by molar-refractivity contribution is -0.117. The first kappa shape index (κ1) is 10.7. The van der Waals surface area contributed by atoms with Crippen LogP contribution >= 0.6 is 15.9 Å². The Balaban J connectivity index is 2.21. The van der Waals surface area contributed by atoms with Crippen LogP contribution in [0.2, 0.25) is 0 Å². The number of rotatable bonds is 2. The van der Waals surface area contributed by atoms with E-state index in [4.69, 9.17) is 0 Å². The van der Waals surface area contributed by atoms with Gasteiger partial charge in [0.1, 0.15) is 0 Å². The van der Waals surface area contributed by atoms with Crippen molar-refractivity contribution in [2.75, 3.05) is 16.8 Å². The standard InChI is InChI=1S/C12H14BrNO/c1-9-3-2-4-11(5-9)14-8-10(7-13)6-12(14)15/h2-5,10H,6-8H2,1H3. The lowest BCUT2D eigenvalue weighted by atomic mass is 10.2. The van der Waals surface area contributed by atoms with E-state index in [1.165, 1.54) is 5.56 Å². The van der Waals surface area contributed by atoms with E-state index in [1.807, 2.05) is 30.0 Å². The molecule has 3 heteroatoms. The fourth-order valence-corrected chi connectivity index (χ4v) is 2.36. The molecule has 1 aromatic rings. The molecule has 0 N–H and O–H groups in total. The second-order valence-corrected chi connectivity index (χ2v) is 4.72. The maximum absolute atomic E-state index is 11.8. The van der Waals surface area contributed by atoms with Gasteiger partial charge in [0.25, 0.3) is 0 Å². The van der Waals surface area contributed by atoms with Gasteiger partial charge < -0.3 is 4.90 Å². The molecule has 0 saturated carbocycles. The molecule has 0 radical (unpaired) electrons. The quantitative estimate of drug-likeness (QED) is 0.755. The van der Waals surface area contributed by atoms with E-state index in [2.05, 4.69) is 22.0 Å². The Hall–Kier alpha value is -0.830. The maximum Gasteiger partial charge on any atom is 0.227 e. The number of aryl methyl sites for hydroxylation is 1. The van der Waals surface area contributed by atoms with Crippen LogP contribution < -0.4 is 4.90 Å². The minimum Gasteiger partial charge on any atom is -0.312 e. The maximum atomic E-state index is 11.8. The molecule has 0 aromatic heterocycles. The molecule has 1 unspecified atom stereocenters. The first-order chi connectivity index (χ1) is 7.20. The van der Waals surface area contributed by atoms with Gasteiger partial charge in [0.05, 0.1) is 0 Å². The Morgan fingerprint density at radius 3 is 2.93 bits per heavy atom. The van der Waals surface area contributed by atoms with E-state index in [0.29, 0.717) is 12.3 Å². The summed E-state index contributed by atoms with van der Waals surface area (Å²) < 4.78 is 0. The number of anilines is 1. The van der Waals surface area contributed by atoms with Gasteiger partial charge >= 0.3 is 0 Å². The number of benzene rings is 1. The molecular formula is C12H14BrNO. The molecule has 1 aromatic carbocycles. The zero-order valence-electron chi connectivity index (χ0n) is 8.74. The van der Waals surface area contributed by atoms with Crippen LogP contribution in [0.5, 0.6) is 0 Å². The van der Waals surface area contributed by atoms with Gasteiger partial charge in [-0.2, -0.15) is 0 Å². The fraction of sp³-hybridized carbons (Fsp3) is 0.417. The lowest BCUT2D eigenvalue weighted by Crippen LogP contribution is -2.24. The Labute approximate surface area is 98.4 Å². The Morgan fingerprint density at radius 2 is 2.33 bits per heavy atom. The Morgan fingerprint density at radius 1 is 1.53 bits per heavy atom. The van der Waals surface area contributed by atoms with Crippen molar-refractivity contribution in [2.24, 2.45) is 5.92 Å². The number of halogens is 1. The number of alkyl halides is 1. The van der Waals surface area contributed by atoms with Crippen molar-refractivity contribution >= 4 is 27.5 Å². The van der Waals surface area contributed by atoms with Crippen molar-refractivity contribution in [3.63, 3.8) is 0 Å². The summed E-state index contributed by atoms with van der Waals surface area (Å²) in [6.07, 6.45) is 0.666. The second kappa shape index (κ2) is 4.35. The number of nitrogens with zero attached hydrogens (tertiary/aromatic N) is 1. The van der Waals surface area contributed by atoms with Crippen molar-refractivity contribution in [3.8, 4) is 0 Å². The molecule has 2 rings (SSSR count). The Bertz CT molecular complexity index is 378. The molecule has 1 atom stereocenters. The van der Waals surface area contributed by atoms with E-state index in [-0.39, 0.29) is 5.91 Å². The molecule has 1 aliphatic rings. The average Bonchev–Trinajstić information content (AvgIpc) is 2.60. The average molecular weight is 268 g/mol. The highest BCUT2D eigenvalue weighted by atomic mass is 79.9. The molecule has 1 heterocycles. The van der Waals surface area contributed by atoms with Crippen LogP contribution in [0.25, 0.3) is 0 Å². The van der Waals surface area contributed by atoms with Gasteiger partial charge in [-0.25, -0.2) is 0 Å². The van der Waals surface area contributed by atoms with Crippen molar-refractivity contribution in [1.29, 1.82) is 0 Å². The molecule has 1 amide bonds. The van der Waals surface area contributed by atoms with Gasteiger partial charge in [0, 0.05) is 24.0 Å². The molecule has 0 bridgehead atoms. The highest BCUT2D eigenvalue weighted by Crippen LogP contribution is 2.26. The Kier molecular flexibility index (Phi) is 3.10. The summed E-state index contributed by atoms with van der Waals surface area (Å²) in [4.78, 5) is 13.6. The number of hydrogen-bond acceptors (Lipinski definition) is 1. The summed E-state index contributed by atoms with van der Waals surface area (Å²) >= 11 is 3.44. The summed E-state index contributed by atoms with van der Waals surface area (Å²) in [5.74, 6) is 0.697. The van der Waals surface area contributed by atoms with Gasteiger partial charge in [0.15, 0.2) is 0 Å². The summed E-state index contributed by atoms with van der Waals surface area (Å²) in [6.45, 7) is 2.89. The number of hydrogen-bond donors (Lipinski definition) is 0. The van der Waals surface area contributed by atoms with E-state index >= 15 is 0 Å². The molecular weight excluding hydrogens is 254 g/mol. The zero-order valence-corrected chi connectivity index (χ0v) is 10.3. The van der Waals surface area contributed by atoms with Gasteiger partial charge in [-0.05, 0) is 30.5 Å². The topological polar surface area (TPSA) is 20.3 Å². The van der Waals surface area contributed by atoms with Crippen molar-refractivity contribution in [3.05, 3.63) is 29.8 Å². The lowest BCUT2D eigenvalue weighted by Gasteiger charge is -2.16. The molecule has 1 aliphatic heterocycles. The SMILES string of the molecule is Cc1cccc(N2CC(CBr)CC2=O)c1. The van der Waals surface area contributed by atoms with E-state index in [9.17, 15) is 4.79 Å². The minimum absolute atomic E-state index is 0.241. The van der Waals surface area contributed by atoms with Crippen molar-refractivity contribution in [2.45, 2.75) is 13.3 Å². The van der Waals surface area contributed by atoms with Crippen LogP contribution in [0.1, 0.15) is 12.0 Å². The van der Waals surface area contributed by atoms with Crippen LogP contribution in [-0.4, -0.2) is 17.8 Å². The van der Waals surface area contributed by atoms with Crippen LogP contribution in [0, 0.1) is 12.8 Å². The van der Waals surface area contributed by atoms with Crippen LogP contribution in [0.4, 0.5) is 5.69 Å². The van der Waals surface area contributed by atoms with Gasteiger partial charge in [-0.3, -0.25) is 4.79 Å². The number of carbonyl (C=O) groups excluding carboxylic acids is 1. The number of amides is 1. The van der Waals surface area contributed by atoms with Gasteiger partial charge in [0.2, 0.25) is 5.91 Å². The molecule has 15 heavy (non-hydrogen) atoms. The highest BCUT2D eigenvalue weighted by Gasteiger charge is 2.29. The largest absolute Gasteiger partial charge is 0.312 e. The first-order valence-corrected chi connectivity index (χ1v) is 6.26. The highest BCUT2D eigenvalue weighted by molar-refractivity contribution is 9.09. The third-order valence-corrected chi connectivity index (χ3v) is 3.65. The molecule has 0 spiro atoms. The van der Waals surface area contributed by atoms with E-state index in [1.54, 1.807) is 0 Å². The van der Waals surface area contributed by atoms with Crippen LogP contribution in [0.3, 0.4) is 0 Å². The zero-order chi connectivity index (χ0) is 10.8. The summed E-state index contributed by atoms with van der Waals surface area (Å²) in [6, 6.07) is 8.11. The molecule has 80 valence electrons. The summed E-state index contributed by atoms with van der Waals surface area (Å²) in [5, 5.41) is 0.904. The third-order valence-electron chi connectivity index (χ3n) is 2.74. The predicted octanol–water partition coefficient (Wildman–Crippen LogP) is 2.74. The molecule has 0 aliphatic carbocycles. The van der Waals surface area contributed by atoms with Crippen LogP contribution in [-0.2, 0) is 4.79 Å². The second-order valence-electron chi connectivity index (χ2n) is 4.07. The third kappa shape index (κ3) is 2.23. The minimum atomic E-state index is 0.241. The van der Waals surface area contributed by atoms with E-state index < -0.39 is 0 Å². The fourth-order valence-electron chi connectivity index (χ4n) is 1.93. The van der Waals surface area contributed by atoms with Crippen LogP contribution in [0.15, 0.2) is 24.3 Å². The molecule has 1 fully saturated rings. The van der Waals surface area contributed by atoms with Crippen molar-refractivity contribution < 1.29 is 4.79 Å². The van der Waals surface area contributed by atoms with Crippen molar-refractivity contribution in [1.82, 2.24) is 0 Å². The number of carbonyl (C=O) groups is 1. The van der Waals surface area contributed by atoms with E-state index in [0.717, 1.165) is 17.6 Å². The summed E-state index contributed by atoms with van der Waals surface area (Å²) in [5.41, 5.74) is 2.23. The first-order valence-electron chi connectivity index (χ1n) is 5.13. The molecule has 2 nitrogen and oxygen atoms in total. The predicted molar refractivity (Wildman–Crippen MR) is 65.4 cm³/mol. The van der Waals surface area contributed by atoms with Gasteiger partial charge in [-0.15, -0.1) is 0 Å². The normalized spacial score (nSPS) is 21.1.